The van der Waals surface area contributed by atoms with Crippen LogP contribution in [0.4, 0.5) is 5.69 Å². The number of rotatable bonds is 3. The quantitative estimate of drug-likeness (QED) is 0.484. The Morgan fingerprint density at radius 2 is 2.13 bits per heavy atom. The molecule has 0 unspecified atom stereocenters. The van der Waals surface area contributed by atoms with Gasteiger partial charge in [-0.25, -0.2) is 4.79 Å². The molecule has 15 heavy (non-hydrogen) atoms. The van der Waals surface area contributed by atoms with E-state index >= 15 is 0 Å². The van der Waals surface area contributed by atoms with Crippen LogP contribution in [0.2, 0.25) is 5.02 Å². The van der Waals surface area contributed by atoms with Crippen LogP contribution in [0.1, 0.15) is 20.7 Å². The number of carboxylic acid groups (broad SMARTS) is 1. The van der Waals surface area contributed by atoms with Gasteiger partial charge in [-0.1, -0.05) is 11.6 Å². The molecule has 0 amide bonds. The van der Waals surface area contributed by atoms with Crippen molar-refractivity contribution < 1.29 is 19.6 Å². The molecule has 0 saturated carbocycles. The first-order valence-electron chi connectivity index (χ1n) is 3.64. The number of aromatic carboxylic acids is 1. The Morgan fingerprint density at radius 1 is 1.53 bits per heavy atom. The van der Waals surface area contributed by atoms with Crippen molar-refractivity contribution in [2.75, 3.05) is 0 Å². The normalized spacial score (nSPS) is 9.67. The third-order valence-corrected chi connectivity index (χ3v) is 2.07. The molecule has 1 N–H and O–H groups in total. The zero-order valence-corrected chi connectivity index (χ0v) is 7.89. The summed E-state index contributed by atoms with van der Waals surface area (Å²) in [6.45, 7) is 0. The largest absolute Gasteiger partial charge is 0.478 e. The molecule has 0 fully saturated rings. The predicted molar refractivity (Wildman–Crippen MR) is 50.5 cm³/mol. The molecule has 0 aromatic heterocycles. The summed E-state index contributed by atoms with van der Waals surface area (Å²) < 4.78 is 0. The molecular formula is C8H4ClNO5. The van der Waals surface area contributed by atoms with Gasteiger partial charge in [0.1, 0.15) is 5.02 Å². The molecule has 6 nitrogen and oxygen atoms in total. The van der Waals surface area contributed by atoms with Gasteiger partial charge in [0.15, 0.2) is 6.29 Å². The number of nitro groups is 1. The number of hydrogen-bond acceptors (Lipinski definition) is 4. The van der Waals surface area contributed by atoms with E-state index in [0.29, 0.717) is 0 Å². The van der Waals surface area contributed by atoms with Crippen LogP contribution in [0, 0.1) is 10.1 Å². The molecule has 0 aliphatic heterocycles. The lowest BCUT2D eigenvalue weighted by Crippen LogP contribution is -2.05. The zero-order chi connectivity index (χ0) is 11.6. The van der Waals surface area contributed by atoms with Crippen LogP contribution in [0.15, 0.2) is 12.1 Å². The van der Waals surface area contributed by atoms with Crippen molar-refractivity contribution in [3.63, 3.8) is 0 Å². The lowest BCUT2D eigenvalue weighted by molar-refractivity contribution is -0.384. The number of nitro benzene ring substituents is 1. The number of nitrogens with zero attached hydrogens (tertiary/aromatic N) is 1. The van der Waals surface area contributed by atoms with Gasteiger partial charge in [0.2, 0.25) is 0 Å². The minimum atomic E-state index is -1.48. The molecule has 0 bridgehead atoms. The Balaban J connectivity index is 3.56. The smallest absolute Gasteiger partial charge is 0.338 e. The molecule has 78 valence electrons. The first kappa shape index (κ1) is 11.1. The Labute approximate surface area is 88.2 Å². The van der Waals surface area contributed by atoms with Crippen LogP contribution in [0.3, 0.4) is 0 Å². The highest BCUT2D eigenvalue weighted by Gasteiger charge is 2.23. The Kier molecular flexibility index (Phi) is 3.01. The fourth-order valence-corrected chi connectivity index (χ4v) is 1.36. The van der Waals surface area contributed by atoms with E-state index in [4.69, 9.17) is 16.7 Å². The average Bonchev–Trinajstić information content (AvgIpc) is 2.15. The van der Waals surface area contributed by atoms with Crippen LogP contribution in [-0.4, -0.2) is 22.3 Å². The molecule has 0 aliphatic carbocycles. The number of halogens is 1. The monoisotopic (exact) mass is 229 g/mol. The summed E-state index contributed by atoms with van der Waals surface area (Å²) in [6.07, 6.45) is 0.277. The molecule has 0 aliphatic rings. The van der Waals surface area contributed by atoms with Gasteiger partial charge < -0.3 is 5.11 Å². The predicted octanol–water partition coefficient (Wildman–Crippen LogP) is 1.76. The van der Waals surface area contributed by atoms with Crippen molar-refractivity contribution in [3.05, 3.63) is 38.4 Å². The minimum Gasteiger partial charge on any atom is -0.478 e. The summed E-state index contributed by atoms with van der Waals surface area (Å²) >= 11 is 5.50. The first-order chi connectivity index (χ1) is 6.99. The summed E-state index contributed by atoms with van der Waals surface area (Å²) in [5, 5.41) is 18.6. The van der Waals surface area contributed by atoms with Crippen molar-refractivity contribution in [1.82, 2.24) is 0 Å². The molecule has 0 atom stereocenters. The summed E-state index contributed by atoms with van der Waals surface area (Å²) in [5.41, 5.74) is -1.29. The second-order valence-corrected chi connectivity index (χ2v) is 2.92. The van der Waals surface area contributed by atoms with E-state index in [-0.39, 0.29) is 11.8 Å². The lowest BCUT2D eigenvalue weighted by atomic mass is 10.1. The maximum atomic E-state index is 10.7. The van der Waals surface area contributed by atoms with Gasteiger partial charge >= 0.3 is 5.97 Å². The first-order valence-corrected chi connectivity index (χ1v) is 4.02. The fraction of sp³-hybridized carbons (Fsp3) is 0. The van der Waals surface area contributed by atoms with Crippen LogP contribution >= 0.6 is 11.6 Å². The van der Waals surface area contributed by atoms with Gasteiger partial charge in [-0.3, -0.25) is 14.9 Å². The number of benzene rings is 1. The van der Waals surface area contributed by atoms with Crippen molar-refractivity contribution >= 4 is 29.5 Å². The van der Waals surface area contributed by atoms with Gasteiger partial charge in [-0.2, -0.15) is 0 Å². The molecule has 1 aromatic carbocycles. The fourth-order valence-electron chi connectivity index (χ4n) is 1.04. The third kappa shape index (κ3) is 1.94. The Morgan fingerprint density at radius 3 is 2.53 bits per heavy atom. The number of carbonyl (C=O) groups is 2. The van der Waals surface area contributed by atoms with Crippen molar-refractivity contribution in [2.45, 2.75) is 0 Å². The highest BCUT2D eigenvalue weighted by molar-refractivity contribution is 6.36. The summed E-state index contributed by atoms with van der Waals surface area (Å²) in [4.78, 5) is 30.8. The molecule has 0 heterocycles. The average molecular weight is 230 g/mol. The summed E-state index contributed by atoms with van der Waals surface area (Å²) in [6, 6.07) is 2.03. The molecule has 1 rings (SSSR count). The van der Waals surface area contributed by atoms with E-state index in [1.165, 1.54) is 0 Å². The zero-order valence-electron chi connectivity index (χ0n) is 7.14. The molecule has 0 radical (unpaired) electrons. The topological polar surface area (TPSA) is 97.5 Å². The molecule has 0 spiro atoms. The van der Waals surface area contributed by atoms with Gasteiger partial charge in [0.25, 0.3) is 5.69 Å². The van der Waals surface area contributed by atoms with Crippen LogP contribution in [-0.2, 0) is 0 Å². The second-order valence-electron chi connectivity index (χ2n) is 2.54. The standard InChI is InChI=1S/C8H4ClNO5/c9-7-5(10(14)15)2-1-4(3-11)6(7)8(12)13/h1-3H,(H,12,13). The van der Waals surface area contributed by atoms with Gasteiger partial charge in [0.05, 0.1) is 10.5 Å². The number of carbonyl (C=O) groups excluding carboxylic acids is 1. The van der Waals surface area contributed by atoms with E-state index in [1.807, 2.05) is 0 Å². The maximum absolute atomic E-state index is 10.7. The summed E-state index contributed by atoms with van der Waals surface area (Å²) in [5.74, 6) is -1.48. The van der Waals surface area contributed by atoms with E-state index in [1.54, 1.807) is 0 Å². The van der Waals surface area contributed by atoms with Gasteiger partial charge in [-0.05, 0) is 6.07 Å². The highest BCUT2D eigenvalue weighted by atomic mass is 35.5. The van der Waals surface area contributed by atoms with E-state index < -0.39 is 27.2 Å². The molecule has 0 saturated heterocycles. The summed E-state index contributed by atoms with van der Waals surface area (Å²) in [7, 11) is 0. The third-order valence-electron chi connectivity index (χ3n) is 1.69. The van der Waals surface area contributed by atoms with Gasteiger partial charge in [-0.15, -0.1) is 0 Å². The SMILES string of the molecule is O=Cc1ccc([N+](=O)[O-])c(Cl)c1C(=O)O. The number of aldehydes is 1. The number of hydrogen-bond donors (Lipinski definition) is 1. The molecular weight excluding hydrogens is 226 g/mol. The van der Waals surface area contributed by atoms with Crippen LogP contribution in [0.5, 0.6) is 0 Å². The van der Waals surface area contributed by atoms with E-state index in [9.17, 15) is 19.7 Å². The van der Waals surface area contributed by atoms with Crippen molar-refractivity contribution in [3.8, 4) is 0 Å². The highest BCUT2D eigenvalue weighted by Crippen LogP contribution is 2.29. The van der Waals surface area contributed by atoms with E-state index in [0.717, 1.165) is 12.1 Å². The maximum Gasteiger partial charge on any atom is 0.338 e. The number of carboxylic acids is 1. The lowest BCUT2D eigenvalue weighted by Gasteiger charge is -2.02. The second kappa shape index (κ2) is 4.05. The van der Waals surface area contributed by atoms with Crippen LogP contribution in [0.25, 0.3) is 0 Å². The minimum absolute atomic E-state index is 0.196. The van der Waals surface area contributed by atoms with E-state index in [2.05, 4.69) is 0 Å². The van der Waals surface area contributed by atoms with Crippen LogP contribution < -0.4 is 0 Å². The van der Waals surface area contributed by atoms with Crippen molar-refractivity contribution in [1.29, 1.82) is 0 Å². The Bertz CT molecular complexity index is 457. The molecule has 1 aromatic rings. The Hall–Kier alpha value is -1.95. The van der Waals surface area contributed by atoms with Crippen molar-refractivity contribution in [2.24, 2.45) is 0 Å². The molecule has 7 heteroatoms. The van der Waals surface area contributed by atoms with Gasteiger partial charge in [0, 0.05) is 11.6 Å².